The van der Waals surface area contributed by atoms with Crippen LogP contribution < -0.4 is 4.74 Å². The standard InChI is InChI=1S/C39H42N2O3/c1-5-31-28-36(24-22-32(31)23-25-38(42)43-6-2)44-27-26-37-29(3)41(30(4)40-37)39(33-16-10-7-11-17-33,34-18-12-8-13-19-34)35-20-14-9-15-21-35/h7-22,24,28H,5-6,23,25-27H2,1-4H3. The molecule has 1 aromatic heterocycles. The van der Waals surface area contributed by atoms with E-state index in [0.29, 0.717) is 32.5 Å². The van der Waals surface area contributed by atoms with Crippen molar-refractivity contribution in [3.63, 3.8) is 0 Å². The summed E-state index contributed by atoms with van der Waals surface area (Å²) in [6.07, 6.45) is 2.61. The number of ether oxygens (including phenoxy) is 2. The lowest BCUT2D eigenvalue weighted by atomic mass is 9.76. The lowest BCUT2D eigenvalue weighted by Gasteiger charge is -2.39. The molecule has 0 aliphatic rings. The molecule has 0 atom stereocenters. The molecule has 5 rings (SSSR count). The first-order valence-corrected chi connectivity index (χ1v) is 15.6. The molecule has 0 aliphatic heterocycles. The van der Waals surface area contributed by atoms with Gasteiger partial charge < -0.3 is 14.0 Å². The molecule has 0 spiro atoms. The minimum atomic E-state index is -0.598. The Labute approximate surface area is 261 Å². The molecule has 0 amide bonds. The van der Waals surface area contributed by atoms with E-state index in [1.807, 2.05) is 13.0 Å². The summed E-state index contributed by atoms with van der Waals surface area (Å²) in [6, 6.07) is 38.3. The van der Waals surface area contributed by atoms with Crippen LogP contribution in [-0.2, 0) is 34.3 Å². The quantitative estimate of drug-likeness (QED) is 0.104. The molecule has 5 aromatic rings. The molecule has 0 aliphatic carbocycles. The Morgan fingerprint density at radius 3 is 1.84 bits per heavy atom. The minimum Gasteiger partial charge on any atom is -0.493 e. The zero-order valence-corrected chi connectivity index (χ0v) is 26.3. The SMILES string of the molecule is CCOC(=O)CCc1ccc(OCCc2nc(C)n(C(c3ccccc3)(c3ccccc3)c3ccccc3)c2C)cc1CC. The van der Waals surface area contributed by atoms with E-state index in [2.05, 4.69) is 128 Å². The van der Waals surface area contributed by atoms with Crippen molar-refractivity contribution in [3.8, 4) is 5.75 Å². The van der Waals surface area contributed by atoms with Gasteiger partial charge in [-0.1, -0.05) is 104 Å². The number of rotatable bonds is 13. The third kappa shape index (κ3) is 6.33. The Balaban J connectivity index is 1.45. The third-order valence-corrected chi connectivity index (χ3v) is 8.35. The second kappa shape index (κ2) is 14.2. The van der Waals surface area contributed by atoms with Crippen LogP contribution in [0.3, 0.4) is 0 Å². The Morgan fingerprint density at radius 1 is 0.750 bits per heavy atom. The van der Waals surface area contributed by atoms with Crippen molar-refractivity contribution in [3.05, 3.63) is 154 Å². The fourth-order valence-electron chi connectivity index (χ4n) is 6.35. The van der Waals surface area contributed by atoms with Crippen LogP contribution in [-0.4, -0.2) is 28.7 Å². The number of imidazole rings is 1. The van der Waals surface area contributed by atoms with Crippen molar-refractivity contribution in [2.75, 3.05) is 13.2 Å². The number of hydrogen-bond donors (Lipinski definition) is 0. The van der Waals surface area contributed by atoms with Crippen LogP contribution in [0.5, 0.6) is 5.75 Å². The summed E-state index contributed by atoms with van der Waals surface area (Å²) < 4.78 is 13.8. The van der Waals surface area contributed by atoms with Gasteiger partial charge in [-0.3, -0.25) is 4.79 Å². The summed E-state index contributed by atoms with van der Waals surface area (Å²) in [7, 11) is 0. The van der Waals surface area contributed by atoms with E-state index in [9.17, 15) is 4.79 Å². The zero-order chi connectivity index (χ0) is 30.9. The van der Waals surface area contributed by atoms with Crippen LogP contribution in [0.25, 0.3) is 0 Å². The predicted molar refractivity (Wildman–Crippen MR) is 176 cm³/mol. The molecule has 44 heavy (non-hydrogen) atoms. The Hall–Kier alpha value is -4.64. The number of aryl methyl sites for hydroxylation is 3. The van der Waals surface area contributed by atoms with Crippen LogP contribution >= 0.6 is 0 Å². The zero-order valence-electron chi connectivity index (χ0n) is 26.3. The molecule has 5 heteroatoms. The first-order chi connectivity index (χ1) is 21.5. The molecule has 0 N–H and O–H groups in total. The van der Waals surface area contributed by atoms with Crippen LogP contribution in [0, 0.1) is 13.8 Å². The summed E-state index contributed by atoms with van der Waals surface area (Å²) in [6.45, 7) is 9.16. The fraction of sp³-hybridized carbons (Fsp3) is 0.282. The van der Waals surface area contributed by atoms with Gasteiger partial charge in [-0.25, -0.2) is 4.98 Å². The van der Waals surface area contributed by atoms with Crippen molar-refractivity contribution in [2.45, 2.75) is 58.9 Å². The molecule has 0 fully saturated rings. The normalized spacial score (nSPS) is 11.4. The van der Waals surface area contributed by atoms with E-state index < -0.39 is 5.54 Å². The summed E-state index contributed by atoms with van der Waals surface area (Å²) in [5.74, 6) is 1.63. The number of benzene rings is 4. The first-order valence-electron chi connectivity index (χ1n) is 15.6. The minimum absolute atomic E-state index is 0.157. The van der Waals surface area contributed by atoms with Gasteiger partial charge >= 0.3 is 5.97 Å². The number of nitrogens with zero attached hydrogens (tertiary/aromatic N) is 2. The molecule has 4 aromatic carbocycles. The highest BCUT2D eigenvalue weighted by atomic mass is 16.5. The number of carbonyl (C=O) groups excluding carboxylic acids is 1. The van der Waals surface area contributed by atoms with Crippen molar-refractivity contribution >= 4 is 5.97 Å². The molecule has 0 unspecified atom stereocenters. The molecule has 0 saturated heterocycles. The van der Waals surface area contributed by atoms with E-state index in [1.165, 1.54) is 22.3 Å². The van der Waals surface area contributed by atoms with Gasteiger partial charge in [-0.15, -0.1) is 0 Å². The molecule has 1 heterocycles. The maximum atomic E-state index is 11.9. The summed E-state index contributed by atoms with van der Waals surface area (Å²) in [4.78, 5) is 17.0. The average Bonchev–Trinajstić information content (AvgIpc) is 3.35. The fourth-order valence-corrected chi connectivity index (χ4v) is 6.35. The number of hydrogen-bond acceptors (Lipinski definition) is 4. The third-order valence-electron chi connectivity index (χ3n) is 8.35. The van der Waals surface area contributed by atoms with Gasteiger partial charge in [-0.2, -0.15) is 0 Å². The van der Waals surface area contributed by atoms with Crippen molar-refractivity contribution in [1.29, 1.82) is 0 Å². The Kier molecular flexibility index (Phi) is 9.96. The van der Waals surface area contributed by atoms with Gasteiger partial charge in [0.1, 0.15) is 17.1 Å². The first kappa shape index (κ1) is 30.8. The largest absolute Gasteiger partial charge is 0.493 e. The lowest BCUT2D eigenvalue weighted by Crippen LogP contribution is -2.39. The summed E-state index contributed by atoms with van der Waals surface area (Å²) in [5, 5.41) is 0. The Bertz CT molecular complexity index is 1560. The molecule has 0 bridgehead atoms. The highest BCUT2D eigenvalue weighted by Crippen LogP contribution is 2.43. The van der Waals surface area contributed by atoms with Crippen LogP contribution in [0.2, 0.25) is 0 Å². The van der Waals surface area contributed by atoms with E-state index in [0.717, 1.165) is 34.9 Å². The van der Waals surface area contributed by atoms with E-state index >= 15 is 0 Å². The molecule has 226 valence electrons. The maximum absolute atomic E-state index is 11.9. The summed E-state index contributed by atoms with van der Waals surface area (Å²) >= 11 is 0. The second-order valence-corrected chi connectivity index (χ2v) is 11.0. The van der Waals surface area contributed by atoms with Crippen molar-refractivity contribution in [2.24, 2.45) is 0 Å². The topological polar surface area (TPSA) is 53.4 Å². The molecule has 0 radical (unpaired) electrons. The Morgan fingerprint density at radius 2 is 1.32 bits per heavy atom. The van der Waals surface area contributed by atoms with Crippen LogP contribution in [0.15, 0.2) is 109 Å². The van der Waals surface area contributed by atoms with E-state index in [-0.39, 0.29) is 5.97 Å². The van der Waals surface area contributed by atoms with Gasteiger partial charge in [0.25, 0.3) is 0 Å². The van der Waals surface area contributed by atoms with Gasteiger partial charge in [0, 0.05) is 18.5 Å². The highest BCUT2D eigenvalue weighted by Gasteiger charge is 2.40. The van der Waals surface area contributed by atoms with Crippen molar-refractivity contribution in [1.82, 2.24) is 9.55 Å². The summed E-state index contributed by atoms with van der Waals surface area (Å²) in [5.41, 5.74) is 7.44. The van der Waals surface area contributed by atoms with E-state index in [4.69, 9.17) is 14.5 Å². The number of carbonyl (C=O) groups is 1. The van der Waals surface area contributed by atoms with Crippen LogP contribution in [0.1, 0.15) is 65.3 Å². The van der Waals surface area contributed by atoms with E-state index in [1.54, 1.807) is 0 Å². The van der Waals surface area contributed by atoms with Crippen molar-refractivity contribution < 1.29 is 14.3 Å². The average molecular weight is 587 g/mol. The van der Waals surface area contributed by atoms with Gasteiger partial charge in [0.2, 0.25) is 0 Å². The monoisotopic (exact) mass is 586 g/mol. The van der Waals surface area contributed by atoms with Crippen LogP contribution in [0.4, 0.5) is 0 Å². The second-order valence-electron chi connectivity index (χ2n) is 11.0. The number of aromatic nitrogens is 2. The van der Waals surface area contributed by atoms with Gasteiger partial charge in [-0.05, 0) is 73.6 Å². The smallest absolute Gasteiger partial charge is 0.306 e. The lowest BCUT2D eigenvalue weighted by molar-refractivity contribution is -0.143. The highest BCUT2D eigenvalue weighted by molar-refractivity contribution is 5.69. The van der Waals surface area contributed by atoms with Gasteiger partial charge in [0.05, 0.1) is 18.9 Å². The molecule has 5 nitrogen and oxygen atoms in total. The molecular weight excluding hydrogens is 544 g/mol. The molecular formula is C39H42N2O3. The van der Waals surface area contributed by atoms with Gasteiger partial charge in [0.15, 0.2) is 0 Å². The predicted octanol–water partition coefficient (Wildman–Crippen LogP) is 8.02. The molecule has 0 saturated carbocycles. The maximum Gasteiger partial charge on any atom is 0.306 e. The number of esters is 1.